The standard InChI is InChI=1S/C11H17NOS/c13-11(8-10-2-1-7-14-10)9-3-5-12-6-4-9/h1-2,7,9,11-13H,3-6,8H2. The zero-order chi connectivity index (χ0) is 9.80. The molecule has 0 spiro atoms. The summed E-state index contributed by atoms with van der Waals surface area (Å²) in [6, 6.07) is 4.16. The summed E-state index contributed by atoms with van der Waals surface area (Å²) in [5.41, 5.74) is 0. The molecule has 0 aromatic carbocycles. The number of rotatable bonds is 3. The predicted octanol–water partition coefficient (Wildman–Crippen LogP) is 1.65. The summed E-state index contributed by atoms with van der Waals surface area (Å²) in [5, 5.41) is 15.4. The van der Waals surface area contributed by atoms with E-state index in [9.17, 15) is 5.11 Å². The Bertz CT molecular complexity index is 254. The molecule has 1 atom stereocenters. The van der Waals surface area contributed by atoms with Crippen molar-refractivity contribution in [2.24, 2.45) is 5.92 Å². The maximum absolute atomic E-state index is 10.0. The largest absolute Gasteiger partial charge is 0.392 e. The van der Waals surface area contributed by atoms with Crippen molar-refractivity contribution >= 4 is 11.3 Å². The molecule has 0 amide bonds. The first kappa shape index (κ1) is 10.1. The second-order valence-corrected chi connectivity index (χ2v) is 4.97. The summed E-state index contributed by atoms with van der Waals surface area (Å²) in [5.74, 6) is 0.498. The normalized spacial score (nSPS) is 20.9. The topological polar surface area (TPSA) is 32.3 Å². The highest BCUT2D eigenvalue weighted by Gasteiger charge is 2.21. The number of aliphatic hydroxyl groups is 1. The van der Waals surface area contributed by atoms with E-state index in [0.717, 1.165) is 32.4 Å². The molecular formula is C11H17NOS. The Balaban J connectivity index is 1.85. The van der Waals surface area contributed by atoms with Gasteiger partial charge in [0, 0.05) is 11.3 Å². The molecule has 1 aliphatic rings. The van der Waals surface area contributed by atoms with Crippen LogP contribution in [0.15, 0.2) is 17.5 Å². The van der Waals surface area contributed by atoms with Gasteiger partial charge in [0.2, 0.25) is 0 Å². The molecule has 3 heteroatoms. The quantitative estimate of drug-likeness (QED) is 0.797. The van der Waals surface area contributed by atoms with Crippen molar-refractivity contribution < 1.29 is 5.11 Å². The molecule has 2 nitrogen and oxygen atoms in total. The fourth-order valence-electron chi connectivity index (χ4n) is 2.03. The Hall–Kier alpha value is -0.380. The Morgan fingerprint density at radius 3 is 2.93 bits per heavy atom. The Morgan fingerprint density at radius 2 is 2.29 bits per heavy atom. The first-order valence-corrected chi connectivity index (χ1v) is 6.15. The van der Waals surface area contributed by atoms with Crippen LogP contribution in [0.5, 0.6) is 0 Å². The third kappa shape index (κ3) is 2.56. The van der Waals surface area contributed by atoms with Crippen molar-refractivity contribution in [2.75, 3.05) is 13.1 Å². The maximum atomic E-state index is 10.0. The smallest absolute Gasteiger partial charge is 0.0617 e. The fraction of sp³-hybridized carbons (Fsp3) is 0.636. The Morgan fingerprint density at radius 1 is 1.50 bits per heavy atom. The van der Waals surface area contributed by atoms with E-state index in [1.165, 1.54) is 4.88 Å². The maximum Gasteiger partial charge on any atom is 0.0617 e. The van der Waals surface area contributed by atoms with Gasteiger partial charge in [-0.05, 0) is 43.3 Å². The van der Waals surface area contributed by atoms with Crippen molar-refractivity contribution in [1.29, 1.82) is 0 Å². The van der Waals surface area contributed by atoms with Crippen LogP contribution in [0.2, 0.25) is 0 Å². The van der Waals surface area contributed by atoms with Crippen LogP contribution < -0.4 is 5.32 Å². The highest BCUT2D eigenvalue weighted by Crippen LogP contribution is 2.21. The van der Waals surface area contributed by atoms with Gasteiger partial charge in [0.1, 0.15) is 0 Å². The number of thiophene rings is 1. The van der Waals surface area contributed by atoms with E-state index in [2.05, 4.69) is 22.8 Å². The lowest BCUT2D eigenvalue weighted by Crippen LogP contribution is -2.34. The molecule has 1 aromatic rings. The van der Waals surface area contributed by atoms with Gasteiger partial charge in [-0.3, -0.25) is 0 Å². The highest BCUT2D eigenvalue weighted by molar-refractivity contribution is 7.09. The number of hydrogen-bond acceptors (Lipinski definition) is 3. The van der Waals surface area contributed by atoms with Crippen LogP contribution in [0.1, 0.15) is 17.7 Å². The van der Waals surface area contributed by atoms with Crippen LogP contribution in [0.25, 0.3) is 0 Å². The summed E-state index contributed by atoms with van der Waals surface area (Å²) < 4.78 is 0. The first-order valence-electron chi connectivity index (χ1n) is 5.27. The zero-order valence-corrected chi connectivity index (χ0v) is 9.09. The zero-order valence-electron chi connectivity index (χ0n) is 8.28. The minimum atomic E-state index is -0.143. The summed E-state index contributed by atoms with van der Waals surface area (Å²) in [6.45, 7) is 2.12. The molecule has 1 aliphatic heterocycles. The van der Waals surface area contributed by atoms with Crippen LogP contribution >= 0.6 is 11.3 Å². The van der Waals surface area contributed by atoms with Gasteiger partial charge >= 0.3 is 0 Å². The molecule has 0 bridgehead atoms. The highest BCUT2D eigenvalue weighted by atomic mass is 32.1. The molecule has 1 aromatic heterocycles. The van der Waals surface area contributed by atoms with Crippen molar-refractivity contribution in [1.82, 2.24) is 5.32 Å². The van der Waals surface area contributed by atoms with Gasteiger partial charge in [-0.2, -0.15) is 0 Å². The third-order valence-corrected chi connectivity index (χ3v) is 3.82. The van der Waals surface area contributed by atoms with E-state index < -0.39 is 0 Å². The average molecular weight is 211 g/mol. The summed E-state index contributed by atoms with van der Waals surface area (Å²) >= 11 is 1.74. The minimum Gasteiger partial charge on any atom is -0.392 e. The van der Waals surface area contributed by atoms with Crippen molar-refractivity contribution in [2.45, 2.75) is 25.4 Å². The SMILES string of the molecule is OC(Cc1cccs1)C1CCNCC1. The molecule has 1 fully saturated rings. The van der Waals surface area contributed by atoms with Crippen LogP contribution in [0.4, 0.5) is 0 Å². The molecular weight excluding hydrogens is 194 g/mol. The van der Waals surface area contributed by atoms with Gasteiger partial charge in [-0.15, -0.1) is 11.3 Å². The van der Waals surface area contributed by atoms with E-state index in [1.54, 1.807) is 11.3 Å². The van der Waals surface area contributed by atoms with Gasteiger partial charge in [0.05, 0.1) is 6.10 Å². The number of nitrogens with one attached hydrogen (secondary N) is 1. The van der Waals surface area contributed by atoms with Crippen LogP contribution in [-0.4, -0.2) is 24.3 Å². The van der Waals surface area contributed by atoms with Crippen LogP contribution in [0, 0.1) is 5.92 Å². The van der Waals surface area contributed by atoms with E-state index >= 15 is 0 Å². The van der Waals surface area contributed by atoms with Crippen molar-refractivity contribution in [3.05, 3.63) is 22.4 Å². The van der Waals surface area contributed by atoms with Crippen LogP contribution in [0.3, 0.4) is 0 Å². The second kappa shape index (κ2) is 4.91. The third-order valence-electron chi connectivity index (χ3n) is 2.92. The molecule has 2 N–H and O–H groups in total. The van der Waals surface area contributed by atoms with E-state index in [-0.39, 0.29) is 6.10 Å². The molecule has 14 heavy (non-hydrogen) atoms. The molecule has 0 aliphatic carbocycles. The number of hydrogen-bond donors (Lipinski definition) is 2. The average Bonchev–Trinajstić information content (AvgIpc) is 2.72. The summed E-state index contributed by atoms with van der Waals surface area (Å²) in [4.78, 5) is 1.30. The molecule has 1 saturated heterocycles. The van der Waals surface area contributed by atoms with E-state index in [0.29, 0.717) is 5.92 Å². The van der Waals surface area contributed by atoms with E-state index in [1.807, 2.05) is 0 Å². The van der Waals surface area contributed by atoms with Gasteiger partial charge in [-0.25, -0.2) is 0 Å². The number of piperidine rings is 1. The van der Waals surface area contributed by atoms with Crippen molar-refractivity contribution in [3.63, 3.8) is 0 Å². The fourth-order valence-corrected chi connectivity index (χ4v) is 2.79. The molecule has 2 heterocycles. The van der Waals surface area contributed by atoms with E-state index in [4.69, 9.17) is 0 Å². The number of aliphatic hydroxyl groups excluding tert-OH is 1. The van der Waals surface area contributed by atoms with Gasteiger partial charge in [0.15, 0.2) is 0 Å². The van der Waals surface area contributed by atoms with Crippen molar-refractivity contribution in [3.8, 4) is 0 Å². The summed E-state index contributed by atoms with van der Waals surface area (Å²) in [6.07, 6.45) is 2.93. The monoisotopic (exact) mass is 211 g/mol. The lowest BCUT2D eigenvalue weighted by Gasteiger charge is -2.26. The molecule has 2 rings (SSSR count). The Kier molecular flexibility index (Phi) is 3.56. The molecule has 78 valence electrons. The lowest BCUT2D eigenvalue weighted by atomic mass is 9.90. The summed E-state index contributed by atoms with van der Waals surface area (Å²) in [7, 11) is 0. The lowest BCUT2D eigenvalue weighted by molar-refractivity contribution is 0.0897. The predicted molar refractivity (Wildman–Crippen MR) is 59.6 cm³/mol. The first-order chi connectivity index (χ1) is 6.86. The van der Waals surface area contributed by atoms with Gasteiger partial charge < -0.3 is 10.4 Å². The van der Waals surface area contributed by atoms with Gasteiger partial charge in [0.25, 0.3) is 0 Å². The molecule has 1 unspecified atom stereocenters. The minimum absolute atomic E-state index is 0.143. The van der Waals surface area contributed by atoms with Gasteiger partial charge in [-0.1, -0.05) is 6.07 Å². The Labute approximate surface area is 89.0 Å². The van der Waals surface area contributed by atoms with Crippen LogP contribution in [-0.2, 0) is 6.42 Å². The molecule has 0 radical (unpaired) electrons. The molecule has 0 saturated carbocycles. The second-order valence-electron chi connectivity index (χ2n) is 3.94.